The maximum atomic E-state index is 12.9. The van der Waals surface area contributed by atoms with Gasteiger partial charge < -0.3 is 4.90 Å². The molecule has 0 atom stereocenters. The third kappa shape index (κ3) is 3.82. The van der Waals surface area contributed by atoms with E-state index in [1.54, 1.807) is 0 Å². The largest absolute Gasteiger partial charge is 0.338 e. The number of rotatable bonds is 6. The average Bonchev–Trinajstić information content (AvgIpc) is 2.50. The number of halogens is 1. The van der Waals surface area contributed by atoms with Gasteiger partial charge in [-0.15, -0.1) is 0 Å². The van der Waals surface area contributed by atoms with Crippen molar-refractivity contribution in [1.29, 1.82) is 0 Å². The lowest BCUT2D eigenvalue weighted by molar-refractivity contribution is 0.0766. The van der Waals surface area contributed by atoms with Crippen molar-refractivity contribution in [3.63, 3.8) is 0 Å². The lowest BCUT2D eigenvalue weighted by atomic mass is 10.1. The molecular formula is C17H21BrN2O. The van der Waals surface area contributed by atoms with Crippen LogP contribution >= 0.6 is 15.9 Å². The monoisotopic (exact) mass is 348 g/mol. The zero-order valence-electron chi connectivity index (χ0n) is 12.6. The smallest absolute Gasteiger partial charge is 0.254 e. The topological polar surface area (TPSA) is 33.2 Å². The zero-order chi connectivity index (χ0) is 15.2. The van der Waals surface area contributed by atoms with Gasteiger partial charge in [0.15, 0.2) is 0 Å². The van der Waals surface area contributed by atoms with Crippen molar-refractivity contribution < 1.29 is 4.79 Å². The number of benzene rings is 1. The van der Waals surface area contributed by atoms with Crippen LogP contribution in [-0.4, -0.2) is 34.2 Å². The number of amides is 1. The Morgan fingerprint density at radius 1 is 1.29 bits per heavy atom. The second-order valence-corrected chi connectivity index (χ2v) is 5.96. The number of fused-ring (bicyclic) bond motifs is 1. The molecule has 2 rings (SSSR count). The Kier molecular flexibility index (Phi) is 5.74. The number of carbonyl (C=O) groups excluding carboxylic acids is 1. The van der Waals surface area contributed by atoms with Gasteiger partial charge in [-0.3, -0.25) is 9.78 Å². The first kappa shape index (κ1) is 16.0. The number of aromatic nitrogens is 1. The molecule has 21 heavy (non-hydrogen) atoms. The molecule has 1 aromatic carbocycles. The predicted molar refractivity (Wildman–Crippen MR) is 91.1 cm³/mol. The molecule has 2 aromatic rings. The van der Waals surface area contributed by atoms with E-state index in [1.165, 1.54) is 0 Å². The summed E-state index contributed by atoms with van der Waals surface area (Å²) < 4.78 is 0. The van der Waals surface area contributed by atoms with Gasteiger partial charge in [0.2, 0.25) is 0 Å². The fourth-order valence-electron chi connectivity index (χ4n) is 2.42. The Bertz CT molecular complexity index is 627. The number of hydrogen-bond acceptors (Lipinski definition) is 2. The molecule has 0 aliphatic rings. The molecule has 1 heterocycles. The quantitative estimate of drug-likeness (QED) is 0.733. The second kappa shape index (κ2) is 7.55. The maximum absolute atomic E-state index is 12.9. The number of nitrogens with zero attached hydrogens (tertiary/aromatic N) is 2. The van der Waals surface area contributed by atoms with Gasteiger partial charge in [-0.05, 0) is 25.5 Å². The summed E-state index contributed by atoms with van der Waals surface area (Å²) in [7, 11) is 0. The number of pyridine rings is 1. The molecule has 3 nitrogen and oxygen atoms in total. The highest BCUT2D eigenvalue weighted by molar-refractivity contribution is 9.09. The number of unbranched alkanes of at least 4 members (excludes halogenated alkanes) is 1. The van der Waals surface area contributed by atoms with Gasteiger partial charge in [-0.2, -0.15) is 0 Å². The van der Waals surface area contributed by atoms with Crippen LogP contribution in [0.5, 0.6) is 0 Å². The molecule has 0 radical (unpaired) electrons. The number of carbonyl (C=O) groups is 1. The van der Waals surface area contributed by atoms with Crippen LogP contribution < -0.4 is 0 Å². The maximum Gasteiger partial charge on any atom is 0.254 e. The molecule has 0 unspecified atom stereocenters. The zero-order valence-corrected chi connectivity index (χ0v) is 14.2. The van der Waals surface area contributed by atoms with Crippen molar-refractivity contribution >= 4 is 32.7 Å². The average molecular weight is 349 g/mol. The highest BCUT2D eigenvalue weighted by atomic mass is 79.9. The minimum absolute atomic E-state index is 0.101. The van der Waals surface area contributed by atoms with Gasteiger partial charge in [0.25, 0.3) is 5.91 Å². The number of aryl methyl sites for hydroxylation is 1. The van der Waals surface area contributed by atoms with Crippen molar-refractivity contribution in [1.82, 2.24) is 9.88 Å². The molecule has 0 aliphatic carbocycles. The first-order valence-corrected chi connectivity index (χ1v) is 8.51. The van der Waals surface area contributed by atoms with Crippen molar-refractivity contribution in [3.05, 3.63) is 41.6 Å². The first-order chi connectivity index (χ1) is 10.2. The Hall–Kier alpha value is -1.42. The van der Waals surface area contributed by atoms with E-state index in [4.69, 9.17) is 0 Å². The van der Waals surface area contributed by atoms with E-state index in [9.17, 15) is 4.79 Å². The fraction of sp³-hybridized carbons (Fsp3) is 0.412. The van der Waals surface area contributed by atoms with Gasteiger partial charge in [-0.1, -0.05) is 47.5 Å². The third-order valence-electron chi connectivity index (χ3n) is 3.50. The van der Waals surface area contributed by atoms with Crippen molar-refractivity contribution in [2.75, 3.05) is 18.4 Å². The summed E-state index contributed by atoms with van der Waals surface area (Å²) in [5.74, 6) is 0.101. The number of para-hydroxylation sites is 1. The van der Waals surface area contributed by atoms with Gasteiger partial charge in [0.1, 0.15) is 0 Å². The molecule has 4 heteroatoms. The Morgan fingerprint density at radius 2 is 2.05 bits per heavy atom. The van der Waals surface area contributed by atoms with Crippen LogP contribution in [0.4, 0.5) is 0 Å². The fourth-order valence-corrected chi connectivity index (χ4v) is 2.85. The van der Waals surface area contributed by atoms with Crippen LogP contribution in [0.3, 0.4) is 0 Å². The molecule has 0 aliphatic heterocycles. The predicted octanol–water partition coefficient (Wildman–Crippen LogP) is 4.18. The summed E-state index contributed by atoms with van der Waals surface area (Å²) in [6, 6.07) is 9.74. The van der Waals surface area contributed by atoms with Crippen molar-refractivity contribution in [3.8, 4) is 0 Å². The van der Waals surface area contributed by atoms with Gasteiger partial charge >= 0.3 is 0 Å². The van der Waals surface area contributed by atoms with Crippen molar-refractivity contribution in [2.24, 2.45) is 0 Å². The Balaban J connectivity index is 2.41. The van der Waals surface area contributed by atoms with E-state index in [0.717, 1.165) is 53.4 Å². The van der Waals surface area contributed by atoms with Crippen LogP contribution in [0.2, 0.25) is 0 Å². The standard InChI is InChI=1S/C17H21BrN2O/c1-3-4-10-20(11-9-18)17(21)15-12-13(2)19-16-8-6-5-7-14(15)16/h5-8,12H,3-4,9-11H2,1-2H3. The highest BCUT2D eigenvalue weighted by Crippen LogP contribution is 2.20. The van der Waals surface area contributed by atoms with Crippen LogP contribution in [-0.2, 0) is 0 Å². The molecule has 0 saturated heterocycles. The highest BCUT2D eigenvalue weighted by Gasteiger charge is 2.18. The van der Waals surface area contributed by atoms with E-state index in [-0.39, 0.29) is 5.91 Å². The molecule has 0 bridgehead atoms. The molecule has 0 saturated carbocycles. The molecule has 112 valence electrons. The minimum atomic E-state index is 0.101. The van der Waals surface area contributed by atoms with Crippen LogP contribution in [0.1, 0.15) is 35.8 Å². The molecule has 1 amide bonds. The van der Waals surface area contributed by atoms with Gasteiger partial charge in [0.05, 0.1) is 11.1 Å². The van der Waals surface area contributed by atoms with E-state index in [1.807, 2.05) is 42.2 Å². The number of alkyl halides is 1. The summed E-state index contributed by atoms with van der Waals surface area (Å²) in [5, 5.41) is 1.73. The molecule has 1 aromatic heterocycles. The van der Waals surface area contributed by atoms with Crippen LogP contribution in [0.15, 0.2) is 30.3 Å². The third-order valence-corrected chi connectivity index (χ3v) is 3.85. The van der Waals surface area contributed by atoms with Gasteiger partial charge in [0, 0.05) is 29.5 Å². The Morgan fingerprint density at radius 3 is 2.76 bits per heavy atom. The van der Waals surface area contributed by atoms with Crippen LogP contribution in [0, 0.1) is 6.92 Å². The van der Waals surface area contributed by atoms with Crippen molar-refractivity contribution in [2.45, 2.75) is 26.7 Å². The van der Waals surface area contributed by atoms with E-state index in [0.29, 0.717) is 0 Å². The molecule has 0 fully saturated rings. The molecule has 0 spiro atoms. The summed E-state index contributed by atoms with van der Waals surface area (Å²) in [5.41, 5.74) is 2.52. The molecular weight excluding hydrogens is 328 g/mol. The first-order valence-electron chi connectivity index (χ1n) is 7.39. The van der Waals surface area contributed by atoms with E-state index in [2.05, 4.69) is 27.8 Å². The summed E-state index contributed by atoms with van der Waals surface area (Å²) in [6.07, 6.45) is 2.11. The SMILES string of the molecule is CCCCN(CCBr)C(=O)c1cc(C)nc2ccccc12. The number of hydrogen-bond donors (Lipinski definition) is 0. The lowest BCUT2D eigenvalue weighted by Crippen LogP contribution is -2.33. The summed E-state index contributed by atoms with van der Waals surface area (Å²) in [4.78, 5) is 19.3. The molecule has 0 N–H and O–H groups in total. The minimum Gasteiger partial charge on any atom is -0.338 e. The normalized spacial score (nSPS) is 10.8. The van der Waals surface area contributed by atoms with Gasteiger partial charge in [-0.25, -0.2) is 0 Å². The second-order valence-electron chi connectivity index (χ2n) is 5.16. The summed E-state index contributed by atoms with van der Waals surface area (Å²) >= 11 is 3.44. The van der Waals surface area contributed by atoms with Crippen LogP contribution in [0.25, 0.3) is 10.9 Å². The lowest BCUT2D eigenvalue weighted by Gasteiger charge is -2.22. The Labute approximate surface area is 134 Å². The van der Waals surface area contributed by atoms with E-state index < -0.39 is 0 Å². The summed E-state index contributed by atoms with van der Waals surface area (Å²) in [6.45, 7) is 5.61. The van der Waals surface area contributed by atoms with E-state index >= 15 is 0 Å².